The van der Waals surface area contributed by atoms with Crippen LogP contribution in [0.5, 0.6) is 0 Å². The molecule has 0 aromatic carbocycles. The van der Waals surface area contributed by atoms with Gasteiger partial charge in [0.2, 0.25) is 0 Å². The second-order valence-corrected chi connectivity index (χ2v) is 2.43. The van der Waals surface area contributed by atoms with Gasteiger partial charge in [-0.2, -0.15) is 0 Å². The van der Waals surface area contributed by atoms with Crippen LogP contribution in [-0.2, 0) is 0 Å². The van der Waals surface area contributed by atoms with Crippen LogP contribution in [-0.4, -0.2) is 43.6 Å². The molecular weight excluding hydrogens is 130 g/mol. The fourth-order valence-electron chi connectivity index (χ4n) is 0.572. The molecule has 0 aliphatic rings. The first-order valence-corrected chi connectivity index (χ1v) is 3.43. The van der Waals surface area contributed by atoms with Crippen molar-refractivity contribution in [2.75, 3.05) is 33.7 Å². The zero-order chi connectivity index (χ0) is 7.98. The van der Waals surface area contributed by atoms with Crippen LogP contribution >= 0.6 is 0 Å². The summed E-state index contributed by atoms with van der Waals surface area (Å²) >= 11 is 0. The van der Waals surface area contributed by atoms with Crippen LogP contribution < -0.4 is 0 Å². The Hall–Kier alpha value is -0.640. The molecule has 10 heavy (non-hydrogen) atoms. The largest absolute Gasteiger partial charge is 0.308 e. The second kappa shape index (κ2) is 5.17. The molecular formula is C6H15N3O. The maximum absolute atomic E-state index is 10.0. The summed E-state index contributed by atoms with van der Waals surface area (Å²) in [6, 6.07) is 0. The van der Waals surface area contributed by atoms with Crippen molar-refractivity contribution >= 4 is 0 Å². The number of hydrogen-bond acceptors (Lipinski definition) is 3. The van der Waals surface area contributed by atoms with Crippen LogP contribution in [0.1, 0.15) is 6.92 Å². The van der Waals surface area contributed by atoms with E-state index in [0.29, 0.717) is 13.1 Å². The van der Waals surface area contributed by atoms with E-state index in [1.807, 2.05) is 25.9 Å². The average molecular weight is 145 g/mol. The van der Waals surface area contributed by atoms with Crippen LogP contribution in [0.3, 0.4) is 0 Å². The summed E-state index contributed by atoms with van der Waals surface area (Å²) in [6.45, 7) is 4.20. The van der Waals surface area contributed by atoms with Crippen LogP contribution in [0, 0.1) is 4.91 Å². The molecule has 4 nitrogen and oxygen atoms in total. The topological polar surface area (TPSA) is 35.9 Å². The minimum Gasteiger partial charge on any atom is -0.308 e. The third kappa shape index (κ3) is 4.26. The fraction of sp³-hybridized carbons (Fsp3) is 1.00. The molecule has 0 unspecified atom stereocenters. The van der Waals surface area contributed by atoms with E-state index >= 15 is 0 Å². The zero-order valence-corrected chi connectivity index (χ0v) is 6.87. The summed E-state index contributed by atoms with van der Waals surface area (Å²) in [5.41, 5.74) is 0. The van der Waals surface area contributed by atoms with Gasteiger partial charge in [-0.15, -0.1) is 4.91 Å². The highest BCUT2D eigenvalue weighted by molar-refractivity contribution is 4.50. The molecule has 0 aromatic heterocycles. The molecule has 0 aliphatic carbocycles. The summed E-state index contributed by atoms with van der Waals surface area (Å²) in [6.07, 6.45) is 0. The minimum absolute atomic E-state index is 0.692. The molecule has 0 atom stereocenters. The van der Waals surface area contributed by atoms with Crippen molar-refractivity contribution < 1.29 is 0 Å². The summed E-state index contributed by atoms with van der Waals surface area (Å²) in [7, 11) is 3.94. The Labute approximate surface area is 61.7 Å². The average Bonchev–Trinajstić information content (AvgIpc) is 1.90. The number of likely N-dealkylation sites (N-methyl/N-ethyl adjacent to an activating group) is 2. The summed E-state index contributed by atoms with van der Waals surface area (Å²) in [5, 5.41) is 4.34. The van der Waals surface area contributed by atoms with Crippen molar-refractivity contribution in [3.8, 4) is 0 Å². The molecule has 0 N–H and O–H groups in total. The lowest BCUT2D eigenvalue weighted by molar-refractivity contribution is 0.258. The van der Waals surface area contributed by atoms with Crippen LogP contribution in [0.4, 0.5) is 0 Å². The summed E-state index contributed by atoms with van der Waals surface area (Å²) in [4.78, 5) is 12.0. The highest BCUT2D eigenvalue weighted by Crippen LogP contribution is 1.87. The maximum atomic E-state index is 10.0. The normalized spacial score (nSPS) is 10.0. The fourth-order valence-corrected chi connectivity index (χ4v) is 0.572. The Bertz CT molecular complexity index is 95.0. The molecule has 0 heterocycles. The van der Waals surface area contributed by atoms with Gasteiger partial charge in [0.05, 0.1) is 11.8 Å². The molecule has 0 radical (unpaired) electrons. The Morgan fingerprint density at radius 1 is 1.30 bits per heavy atom. The van der Waals surface area contributed by atoms with E-state index in [-0.39, 0.29) is 0 Å². The molecule has 4 heteroatoms. The highest BCUT2D eigenvalue weighted by Gasteiger charge is 1.98. The van der Waals surface area contributed by atoms with Gasteiger partial charge in [-0.25, -0.2) is 0 Å². The molecule has 0 fully saturated rings. The van der Waals surface area contributed by atoms with E-state index in [9.17, 15) is 4.91 Å². The van der Waals surface area contributed by atoms with Gasteiger partial charge in [0.15, 0.2) is 0 Å². The third-order valence-electron chi connectivity index (χ3n) is 1.29. The van der Waals surface area contributed by atoms with Crippen molar-refractivity contribution in [3.05, 3.63) is 4.91 Å². The quantitative estimate of drug-likeness (QED) is 0.418. The van der Waals surface area contributed by atoms with Crippen molar-refractivity contribution in [3.63, 3.8) is 0 Å². The first-order chi connectivity index (χ1) is 4.70. The standard InChI is InChI=1S/C6H15N3O/c1-4-9(7-10)6-5-8(2)3/h4-6H2,1-3H3. The maximum Gasteiger partial charge on any atom is 0.0524 e. The summed E-state index contributed by atoms with van der Waals surface area (Å²) < 4.78 is 0. The van der Waals surface area contributed by atoms with E-state index < -0.39 is 0 Å². The number of nitroso groups, excluding NO2 is 1. The zero-order valence-electron chi connectivity index (χ0n) is 6.87. The summed E-state index contributed by atoms with van der Waals surface area (Å²) in [5.74, 6) is 0. The Morgan fingerprint density at radius 3 is 2.20 bits per heavy atom. The van der Waals surface area contributed by atoms with E-state index in [1.54, 1.807) is 0 Å². The Kier molecular flexibility index (Phi) is 4.84. The first-order valence-electron chi connectivity index (χ1n) is 3.43. The molecule has 0 saturated heterocycles. The van der Waals surface area contributed by atoms with Gasteiger partial charge in [-0.05, 0) is 21.0 Å². The highest BCUT2D eigenvalue weighted by atomic mass is 16.3. The Balaban J connectivity index is 3.34. The van der Waals surface area contributed by atoms with Gasteiger partial charge < -0.3 is 4.90 Å². The third-order valence-corrected chi connectivity index (χ3v) is 1.29. The number of nitrogens with zero attached hydrogens (tertiary/aromatic N) is 3. The lowest BCUT2D eigenvalue weighted by atomic mass is 10.5. The molecule has 0 rings (SSSR count). The minimum atomic E-state index is 0.692. The van der Waals surface area contributed by atoms with E-state index in [4.69, 9.17) is 0 Å². The lowest BCUT2D eigenvalue weighted by Gasteiger charge is -2.15. The number of rotatable bonds is 5. The van der Waals surface area contributed by atoms with Gasteiger partial charge in [0.25, 0.3) is 0 Å². The van der Waals surface area contributed by atoms with E-state index in [1.165, 1.54) is 5.01 Å². The van der Waals surface area contributed by atoms with Gasteiger partial charge in [-0.1, -0.05) is 0 Å². The van der Waals surface area contributed by atoms with Crippen LogP contribution in [0.2, 0.25) is 0 Å². The van der Waals surface area contributed by atoms with E-state index in [0.717, 1.165) is 6.54 Å². The van der Waals surface area contributed by atoms with Crippen molar-refractivity contribution in [1.82, 2.24) is 9.91 Å². The van der Waals surface area contributed by atoms with Gasteiger partial charge >= 0.3 is 0 Å². The van der Waals surface area contributed by atoms with Gasteiger partial charge in [0, 0.05) is 13.1 Å². The molecule has 0 spiro atoms. The smallest absolute Gasteiger partial charge is 0.0524 e. The number of hydrogen-bond donors (Lipinski definition) is 0. The first kappa shape index (κ1) is 9.36. The molecule has 0 aliphatic heterocycles. The Morgan fingerprint density at radius 2 is 1.90 bits per heavy atom. The van der Waals surface area contributed by atoms with Crippen molar-refractivity contribution in [1.29, 1.82) is 0 Å². The molecule has 0 saturated carbocycles. The SMILES string of the molecule is CCN(CCN(C)C)N=O. The van der Waals surface area contributed by atoms with E-state index in [2.05, 4.69) is 5.29 Å². The molecule has 60 valence electrons. The second-order valence-electron chi connectivity index (χ2n) is 2.43. The van der Waals surface area contributed by atoms with Crippen LogP contribution in [0.25, 0.3) is 0 Å². The van der Waals surface area contributed by atoms with Crippen molar-refractivity contribution in [2.45, 2.75) is 6.92 Å². The predicted molar refractivity (Wildman–Crippen MR) is 41.6 cm³/mol. The molecule has 0 aromatic rings. The molecule has 0 amide bonds. The van der Waals surface area contributed by atoms with Gasteiger partial charge in [-0.3, -0.25) is 5.01 Å². The monoisotopic (exact) mass is 145 g/mol. The molecule has 0 bridgehead atoms. The lowest BCUT2D eigenvalue weighted by Crippen LogP contribution is -2.27. The predicted octanol–water partition coefficient (Wildman–Crippen LogP) is 0.551. The van der Waals surface area contributed by atoms with Crippen molar-refractivity contribution in [2.24, 2.45) is 5.29 Å². The van der Waals surface area contributed by atoms with Gasteiger partial charge in [0.1, 0.15) is 0 Å². The van der Waals surface area contributed by atoms with Crippen LogP contribution in [0.15, 0.2) is 5.29 Å².